The Balaban J connectivity index is 2.68. The number of allylic oxidation sites excluding steroid dienone is 1. The van der Waals surface area contributed by atoms with E-state index in [9.17, 15) is 0 Å². The first-order valence-electron chi connectivity index (χ1n) is 7.03. The molecule has 0 spiro atoms. The van der Waals surface area contributed by atoms with Gasteiger partial charge in [0.1, 0.15) is 0 Å². The van der Waals surface area contributed by atoms with Crippen molar-refractivity contribution < 1.29 is 0 Å². The Morgan fingerprint density at radius 3 is 2.00 bits per heavy atom. The van der Waals surface area contributed by atoms with E-state index in [2.05, 4.69) is 32.3 Å². The molecule has 0 atom stereocenters. The Kier molecular flexibility index (Phi) is 5.77. The van der Waals surface area contributed by atoms with Crippen molar-refractivity contribution in [2.24, 2.45) is 0 Å². The molecule has 1 rings (SSSR count). The summed E-state index contributed by atoms with van der Waals surface area (Å²) in [6.07, 6.45) is 6.90. The van der Waals surface area contributed by atoms with Gasteiger partial charge in [-0.25, -0.2) is 0 Å². The van der Waals surface area contributed by atoms with E-state index in [1.54, 1.807) is 5.20 Å². The third kappa shape index (κ3) is 3.46. The fourth-order valence-corrected chi connectivity index (χ4v) is 7.95. The topological polar surface area (TPSA) is 3.24 Å². The molecule has 1 heterocycles. The molecule has 2 heteroatoms. The predicted molar refractivity (Wildman–Crippen MR) is 76.4 cm³/mol. The van der Waals surface area contributed by atoms with Crippen molar-refractivity contribution in [1.29, 1.82) is 0 Å². The molecule has 1 saturated heterocycles. The Hall–Kier alpha value is -0.0831. The average molecular weight is 239 g/mol. The zero-order chi connectivity index (χ0) is 12.0. The van der Waals surface area contributed by atoms with E-state index in [0.717, 1.165) is 0 Å². The summed E-state index contributed by atoms with van der Waals surface area (Å²) in [5.74, 6) is 0. The minimum absolute atomic E-state index is 1.21. The van der Waals surface area contributed by atoms with Crippen LogP contribution in [0.5, 0.6) is 0 Å². The molecule has 1 aliphatic heterocycles. The number of nitrogens with zero attached hydrogens (tertiary/aromatic N) is 1. The van der Waals surface area contributed by atoms with Gasteiger partial charge in [0.05, 0.1) is 8.07 Å². The normalized spacial score (nSPS) is 17.9. The molecule has 1 nitrogen and oxygen atoms in total. The molecule has 0 aromatic carbocycles. The van der Waals surface area contributed by atoms with Crippen LogP contribution in [0.15, 0.2) is 11.8 Å². The fourth-order valence-electron chi connectivity index (χ4n) is 3.17. The van der Waals surface area contributed by atoms with Crippen LogP contribution in [-0.2, 0) is 0 Å². The Morgan fingerprint density at radius 1 is 1.12 bits per heavy atom. The quantitative estimate of drug-likeness (QED) is 0.607. The van der Waals surface area contributed by atoms with Crippen molar-refractivity contribution in [3.63, 3.8) is 0 Å². The molecule has 0 amide bonds. The van der Waals surface area contributed by atoms with E-state index in [1.807, 2.05) is 0 Å². The lowest BCUT2D eigenvalue weighted by molar-refractivity contribution is 0.387. The number of likely N-dealkylation sites (tertiary alicyclic amines) is 1. The fraction of sp³-hybridized carbons (Fsp3) is 0.857. The Labute approximate surface area is 103 Å². The first-order chi connectivity index (χ1) is 7.64. The molecule has 16 heavy (non-hydrogen) atoms. The van der Waals surface area contributed by atoms with Crippen molar-refractivity contribution in [2.75, 3.05) is 19.3 Å². The maximum Gasteiger partial charge on any atom is 0.0946 e. The molecule has 0 aromatic heterocycles. The summed E-state index contributed by atoms with van der Waals surface area (Å²) >= 11 is 0. The second-order valence-electron chi connectivity index (χ2n) is 5.54. The van der Waals surface area contributed by atoms with Crippen LogP contribution in [-0.4, -0.2) is 32.2 Å². The second-order valence-corrected chi connectivity index (χ2v) is 10.3. The van der Waals surface area contributed by atoms with E-state index >= 15 is 0 Å². The van der Waals surface area contributed by atoms with Gasteiger partial charge in [0.2, 0.25) is 0 Å². The van der Waals surface area contributed by atoms with E-state index < -0.39 is 8.07 Å². The maximum absolute atomic E-state index is 4.34. The number of hydrogen-bond donors (Lipinski definition) is 0. The van der Waals surface area contributed by atoms with Gasteiger partial charge in [-0.05, 0) is 39.0 Å². The number of hydrogen-bond acceptors (Lipinski definition) is 1. The molecular weight excluding hydrogens is 210 g/mol. The lowest BCUT2D eigenvalue weighted by Crippen LogP contribution is -2.47. The standard InChI is InChI=1S/C14H29NSi/c1-5-11-16(12-6-2,14(3)4)13-15-9-7-8-10-15/h3,5-13H2,1-2,4H3. The zero-order valence-corrected chi connectivity index (χ0v) is 12.5. The largest absolute Gasteiger partial charge is 0.306 e. The van der Waals surface area contributed by atoms with Crippen LogP contribution < -0.4 is 0 Å². The summed E-state index contributed by atoms with van der Waals surface area (Å²) in [6.45, 7) is 14.0. The molecule has 0 radical (unpaired) electrons. The smallest absolute Gasteiger partial charge is 0.0946 e. The van der Waals surface area contributed by atoms with Crippen LogP contribution in [0.1, 0.15) is 46.5 Å². The summed E-state index contributed by atoms with van der Waals surface area (Å²) < 4.78 is 0. The lowest BCUT2D eigenvalue weighted by atomic mass is 10.4. The molecule has 0 bridgehead atoms. The molecule has 1 aliphatic rings. The molecule has 0 N–H and O–H groups in total. The molecule has 0 aromatic rings. The summed E-state index contributed by atoms with van der Waals surface area (Å²) in [4.78, 5) is 2.71. The lowest BCUT2D eigenvalue weighted by Gasteiger charge is -2.36. The highest BCUT2D eigenvalue weighted by molar-refractivity contribution is 6.86. The van der Waals surface area contributed by atoms with Crippen molar-refractivity contribution >= 4 is 8.07 Å². The van der Waals surface area contributed by atoms with Gasteiger partial charge in [0.25, 0.3) is 0 Å². The number of rotatable bonds is 7. The highest BCUT2D eigenvalue weighted by atomic mass is 28.3. The van der Waals surface area contributed by atoms with Gasteiger partial charge in [-0.3, -0.25) is 0 Å². The summed E-state index contributed by atoms with van der Waals surface area (Å²) in [5, 5.41) is 1.54. The molecular formula is C14H29NSi. The third-order valence-corrected chi connectivity index (χ3v) is 9.86. The van der Waals surface area contributed by atoms with Gasteiger partial charge in [-0.2, -0.15) is 0 Å². The third-order valence-electron chi connectivity index (χ3n) is 4.09. The van der Waals surface area contributed by atoms with E-state index in [-0.39, 0.29) is 0 Å². The predicted octanol–water partition coefficient (Wildman–Crippen LogP) is 4.01. The minimum atomic E-state index is -1.21. The molecule has 0 unspecified atom stereocenters. The van der Waals surface area contributed by atoms with E-state index in [4.69, 9.17) is 0 Å². The van der Waals surface area contributed by atoms with Crippen molar-refractivity contribution in [3.8, 4) is 0 Å². The van der Waals surface area contributed by atoms with Gasteiger partial charge < -0.3 is 4.90 Å². The van der Waals surface area contributed by atoms with E-state index in [0.29, 0.717) is 0 Å². The first kappa shape index (κ1) is 14.0. The van der Waals surface area contributed by atoms with Crippen LogP contribution in [0.3, 0.4) is 0 Å². The Morgan fingerprint density at radius 2 is 1.62 bits per heavy atom. The molecule has 1 fully saturated rings. The maximum atomic E-state index is 4.34. The summed E-state index contributed by atoms with van der Waals surface area (Å²) in [7, 11) is -1.21. The van der Waals surface area contributed by atoms with Gasteiger partial charge >= 0.3 is 0 Å². The average Bonchev–Trinajstić information content (AvgIpc) is 2.70. The van der Waals surface area contributed by atoms with Crippen molar-refractivity contribution in [3.05, 3.63) is 11.8 Å². The van der Waals surface area contributed by atoms with E-state index in [1.165, 1.54) is 57.0 Å². The monoisotopic (exact) mass is 239 g/mol. The molecule has 0 aliphatic carbocycles. The highest BCUT2D eigenvalue weighted by Gasteiger charge is 2.34. The summed E-state index contributed by atoms with van der Waals surface area (Å²) in [5.41, 5.74) is 0. The molecule has 0 saturated carbocycles. The second kappa shape index (κ2) is 6.60. The highest BCUT2D eigenvalue weighted by Crippen LogP contribution is 2.28. The van der Waals surface area contributed by atoms with Gasteiger partial charge in [-0.1, -0.05) is 44.0 Å². The van der Waals surface area contributed by atoms with Gasteiger partial charge in [0, 0.05) is 0 Å². The van der Waals surface area contributed by atoms with Crippen molar-refractivity contribution in [1.82, 2.24) is 4.90 Å². The molecule has 94 valence electrons. The minimum Gasteiger partial charge on any atom is -0.306 e. The SMILES string of the molecule is C=C(C)[Si](CCC)(CCC)CN1CCCC1. The van der Waals surface area contributed by atoms with Gasteiger partial charge in [-0.15, -0.1) is 6.58 Å². The van der Waals surface area contributed by atoms with Crippen LogP contribution in [0.4, 0.5) is 0 Å². The summed E-state index contributed by atoms with van der Waals surface area (Å²) in [6, 6.07) is 2.90. The van der Waals surface area contributed by atoms with Crippen LogP contribution in [0.25, 0.3) is 0 Å². The zero-order valence-electron chi connectivity index (χ0n) is 11.5. The Bertz CT molecular complexity index is 213. The van der Waals surface area contributed by atoms with Crippen LogP contribution >= 0.6 is 0 Å². The van der Waals surface area contributed by atoms with Crippen LogP contribution in [0.2, 0.25) is 12.1 Å². The van der Waals surface area contributed by atoms with Crippen molar-refractivity contribution in [2.45, 2.75) is 58.5 Å². The van der Waals surface area contributed by atoms with Gasteiger partial charge in [0.15, 0.2) is 0 Å². The van der Waals surface area contributed by atoms with Crippen LogP contribution in [0, 0.1) is 0 Å². The first-order valence-corrected chi connectivity index (χ1v) is 9.65.